The Bertz CT molecular complexity index is 657. The zero-order chi connectivity index (χ0) is 14.9. The van der Waals surface area contributed by atoms with E-state index in [1.807, 2.05) is 31.2 Å². The van der Waals surface area contributed by atoms with Crippen molar-refractivity contribution in [2.24, 2.45) is 0 Å². The Labute approximate surface area is 123 Å². The first-order valence-electron chi connectivity index (χ1n) is 7.30. The predicted octanol–water partition coefficient (Wildman–Crippen LogP) is 2.89. The average Bonchev–Trinajstić information content (AvgIpc) is 3.09. The first-order valence-corrected chi connectivity index (χ1v) is 7.30. The van der Waals surface area contributed by atoms with Crippen molar-refractivity contribution in [2.45, 2.75) is 45.1 Å². The molecule has 5 heteroatoms. The van der Waals surface area contributed by atoms with Crippen LogP contribution in [0.5, 0.6) is 0 Å². The average molecular weight is 285 g/mol. The van der Waals surface area contributed by atoms with Crippen molar-refractivity contribution in [2.75, 3.05) is 0 Å². The van der Waals surface area contributed by atoms with Gasteiger partial charge in [-0.25, -0.2) is 0 Å². The highest BCUT2D eigenvalue weighted by molar-refractivity contribution is 5.96. The van der Waals surface area contributed by atoms with Gasteiger partial charge in [-0.2, -0.15) is 4.98 Å². The van der Waals surface area contributed by atoms with Crippen LogP contribution in [0.1, 0.15) is 53.3 Å². The molecule has 1 fully saturated rings. The van der Waals surface area contributed by atoms with E-state index in [-0.39, 0.29) is 5.91 Å². The van der Waals surface area contributed by atoms with Gasteiger partial charge in [0.15, 0.2) is 5.82 Å². The van der Waals surface area contributed by atoms with Gasteiger partial charge >= 0.3 is 0 Å². The largest absolute Gasteiger partial charge is 0.340 e. The molecule has 1 heterocycles. The number of carbonyl (C=O) groups excluding carboxylic acids is 1. The van der Waals surface area contributed by atoms with E-state index in [0.717, 1.165) is 31.2 Å². The van der Waals surface area contributed by atoms with Gasteiger partial charge in [-0.15, -0.1) is 0 Å². The Morgan fingerprint density at radius 1 is 1.24 bits per heavy atom. The lowest BCUT2D eigenvalue weighted by atomic mass is 9.95. The summed E-state index contributed by atoms with van der Waals surface area (Å²) in [6, 6.07) is 7.59. The zero-order valence-electron chi connectivity index (χ0n) is 12.3. The molecule has 5 nitrogen and oxygen atoms in total. The first kappa shape index (κ1) is 13.8. The fraction of sp³-hybridized carbons (Fsp3) is 0.438. The lowest BCUT2D eigenvalue weighted by Gasteiger charge is -2.27. The van der Waals surface area contributed by atoms with Crippen LogP contribution in [0.4, 0.5) is 0 Å². The number of benzene rings is 1. The minimum absolute atomic E-state index is 0.0718. The monoisotopic (exact) mass is 285 g/mol. The summed E-state index contributed by atoms with van der Waals surface area (Å²) in [6.07, 6.45) is 3.82. The predicted molar refractivity (Wildman–Crippen MR) is 77.8 cm³/mol. The topological polar surface area (TPSA) is 68.0 Å². The van der Waals surface area contributed by atoms with Crippen molar-refractivity contribution in [3.8, 4) is 0 Å². The van der Waals surface area contributed by atoms with Crippen LogP contribution in [0, 0.1) is 13.8 Å². The first-order chi connectivity index (χ1) is 10.1. The van der Waals surface area contributed by atoms with Crippen molar-refractivity contribution >= 4 is 5.91 Å². The van der Waals surface area contributed by atoms with Gasteiger partial charge in [0.2, 0.25) is 5.89 Å². The zero-order valence-corrected chi connectivity index (χ0v) is 12.3. The summed E-state index contributed by atoms with van der Waals surface area (Å²) < 4.78 is 5.10. The number of nitrogens with one attached hydrogen (secondary N) is 1. The third kappa shape index (κ3) is 2.55. The number of nitrogens with zero attached hydrogens (tertiary/aromatic N) is 2. The molecule has 0 bridgehead atoms. The van der Waals surface area contributed by atoms with Crippen LogP contribution in [-0.4, -0.2) is 16.0 Å². The normalized spacial score (nSPS) is 16.9. The molecule has 1 amide bonds. The standard InChI is InChI=1S/C16H19N3O2/c1-11-7-3-4-8-13(11)14(20)18-16(9-5-6-10-16)15-17-12(2)21-19-15/h3-4,7-8H,5-6,9-10H2,1-2H3,(H,18,20). The molecule has 0 atom stereocenters. The number of rotatable bonds is 3. The number of amides is 1. The fourth-order valence-corrected chi connectivity index (χ4v) is 2.99. The highest BCUT2D eigenvalue weighted by Crippen LogP contribution is 2.37. The summed E-state index contributed by atoms with van der Waals surface area (Å²) in [4.78, 5) is 17.0. The summed E-state index contributed by atoms with van der Waals surface area (Å²) in [5.41, 5.74) is 1.17. The molecule has 3 rings (SSSR count). The van der Waals surface area contributed by atoms with Crippen LogP contribution in [0.25, 0.3) is 0 Å². The second-order valence-electron chi connectivity index (χ2n) is 5.70. The van der Waals surface area contributed by atoms with Crippen molar-refractivity contribution in [3.05, 3.63) is 47.1 Å². The van der Waals surface area contributed by atoms with E-state index in [4.69, 9.17) is 4.52 Å². The molecule has 21 heavy (non-hydrogen) atoms. The van der Waals surface area contributed by atoms with Crippen LogP contribution in [-0.2, 0) is 5.54 Å². The van der Waals surface area contributed by atoms with Gasteiger partial charge in [-0.1, -0.05) is 36.2 Å². The SMILES string of the molecule is Cc1nc(C2(NC(=O)c3ccccc3C)CCCC2)no1. The van der Waals surface area contributed by atoms with E-state index in [9.17, 15) is 4.79 Å². The van der Waals surface area contributed by atoms with Crippen molar-refractivity contribution in [1.82, 2.24) is 15.5 Å². The minimum atomic E-state index is -0.489. The van der Waals surface area contributed by atoms with E-state index < -0.39 is 5.54 Å². The van der Waals surface area contributed by atoms with Crippen LogP contribution in [0.3, 0.4) is 0 Å². The Morgan fingerprint density at radius 2 is 1.95 bits per heavy atom. The van der Waals surface area contributed by atoms with Crippen LogP contribution < -0.4 is 5.32 Å². The maximum atomic E-state index is 12.6. The number of aromatic nitrogens is 2. The van der Waals surface area contributed by atoms with Gasteiger partial charge in [0.1, 0.15) is 5.54 Å². The van der Waals surface area contributed by atoms with Crippen molar-refractivity contribution in [1.29, 1.82) is 0 Å². The second-order valence-corrected chi connectivity index (χ2v) is 5.70. The molecule has 2 aromatic rings. The van der Waals surface area contributed by atoms with Gasteiger partial charge in [-0.3, -0.25) is 4.79 Å². The summed E-state index contributed by atoms with van der Waals surface area (Å²) in [5, 5.41) is 7.19. The molecule has 1 aromatic heterocycles. The Hall–Kier alpha value is -2.17. The molecule has 0 spiro atoms. The number of hydrogen-bond donors (Lipinski definition) is 1. The van der Waals surface area contributed by atoms with E-state index in [0.29, 0.717) is 17.3 Å². The van der Waals surface area contributed by atoms with Crippen LogP contribution >= 0.6 is 0 Å². The smallest absolute Gasteiger partial charge is 0.252 e. The molecule has 110 valence electrons. The van der Waals surface area contributed by atoms with Gasteiger partial charge in [-0.05, 0) is 31.4 Å². The quantitative estimate of drug-likeness (QED) is 0.941. The third-order valence-electron chi connectivity index (χ3n) is 4.16. The number of carbonyl (C=O) groups is 1. The summed E-state index contributed by atoms with van der Waals surface area (Å²) in [6.45, 7) is 3.71. The van der Waals surface area contributed by atoms with E-state index in [2.05, 4.69) is 15.5 Å². The molecule has 1 aromatic carbocycles. The van der Waals surface area contributed by atoms with Crippen molar-refractivity contribution < 1.29 is 9.32 Å². The molecule has 0 saturated heterocycles. The lowest BCUT2D eigenvalue weighted by Crippen LogP contribution is -2.44. The van der Waals surface area contributed by atoms with Gasteiger partial charge < -0.3 is 9.84 Å². The summed E-state index contributed by atoms with van der Waals surface area (Å²) in [7, 11) is 0. The summed E-state index contributed by atoms with van der Waals surface area (Å²) in [5.74, 6) is 1.05. The third-order valence-corrected chi connectivity index (χ3v) is 4.16. The Kier molecular flexibility index (Phi) is 3.49. The van der Waals surface area contributed by atoms with E-state index in [1.165, 1.54) is 0 Å². The molecule has 1 aliphatic carbocycles. The maximum absolute atomic E-state index is 12.6. The molecule has 0 radical (unpaired) electrons. The van der Waals surface area contributed by atoms with E-state index in [1.54, 1.807) is 6.92 Å². The molecule has 0 aliphatic heterocycles. The Balaban J connectivity index is 1.90. The number of aryl methyl sites for hydroxylation is 2. The lowest BCUT2D eigenvalue weighted by molar-refractivity contribution is 0.0891. The molecule has 1 saturated carbocycles. The minimum Gasteiger partial charge on any atom is -0.340 e. The highest BCUT2D eigenvalue weighted by Gasteiger charge is 2.41. The summed E-state index contributed by atoms with van der Waals surface area (Å²) >= 11 is 0. The molecular weight excluding hydrogens is 266 g/mol. The van der Waals surface area contributed by atoms with Gasteiger partial charge in [0, 0.05) is 12.5 Å². The van der Waals surface area contributed by atoms with Crippen LogP contribution in [0.15, 0.2) is 28.8 Å². The molecule has 0 unspecified atom stereocenters. The molecular formula is C16H19N3O2. The van der Waals surface area contributed by atoms with Crippen molar-refractivity contribution in [3.63, 3.8) is 0 Å². The number of hydrogen-bond acceptors (Lipinski definition) is 4. The van der Waals surface area contributed by atoms with E-state index >= 15 is 0 Å². The molecule has 1 aliphatic rings. The maximum Gasteiger partial charge on any atom is 0.252 e. The second kappa shape index (κ2) is 5.31. The molecule has 1 N–H and O–H groups in total. The van der Waals surface area contributed by atoms with Gasteiger partial charge in [0.25, 0.3) is 5.91 Å². The highest BCUT2D eigenvalue weighted by atomic mass is 16.5. The fourth-order valence-electron chi connectivity index (χ4n) is 2.99. The van der Waals surface area contributed by atoms with Crippen LogP contribution in [0.2, 0.25) is 0 Å². The Morgan fingerprint density at radius 3 is 2.57 bits per heavy atom. The van der Waals surface area contributed by atoms with Gasteiger partial charge in [0.05, 0.1) is 0 Å².